The summed E-state index contributed by atoms with van der Waals surface area (Å²) >= 11 is 0. The Bertz CT molecular complexity index is 3280. The Morgan fingerprint density at radius 3 is 1.17 bits per heavy atom. The van der Waals surface area contributed by atoms with Crippen LogP contribution in [0.4, 0.5) is 0 Å². The second-order valence-corrected chi connectivity index (χ2v) is 14.8. The predicted molar refractivity (Wildman–Crippen MR) is 242 cm³/mol. The maximum atomic E-state index is 5.14. The van der Waals surface area contributed by atoms with Crippen LogP contribution in [0, 0.1) is 0 Å². The van der Waals surface area contributed by atoms with Gasteiger partial charge in [-0.1, -0.05) is 194 Å². The highest BCUT2D eigenvalue weighted by Crippen LogP contribution is 2.44. The number of fused-ring (bicyclic) bond motifs is 4. The average molecular weight is 738 g/mol. The van der Waals surface area contributed by atoms with Gasteiger partial charge in [0.2, 0.25) is 0 Å². The molecule has 11 rings (SSSR count). The van der Waals surface area contributed by atoms with Gasteiger partial charge in [0.25, 0.3) is 0 Å². The summed E-state index contributed by atoms with van der Waals surface area (Å²) in [4.78, 5) is 15.3. The zero-order valence-corrected chi connectivity index (χ0v) is 31.5. The minimum Gasteiger partial charge on any atom is -0.208 e. The Labute approximate surface area is 336 Å². The molecule has 3 nitrogen and oxygen atoms in total. The third-order valence-electron chi connectivity index (χ3n) is 11.3. The van der Waals surface area contributed by atoms with Crippen LogP contribution in [0.3, 0.4) is 0 Å². The zero-order valence-electron chi connectivity index (χ0n) is 31.5. The number of hydrogen-bond donors (Lipinski definition) is 0. The number of aromatic nitrogens is 3. The summed E-state index contributed by atoms with van der Waals surface area (Å²) in [6, 6.07) is 75.5. The largest absolute Gasteiger partial charge is 0.208 e. The standard InChI is InChI=1S/C55H35N3/c1-2-15-40(16-3-1)53-56-54(58-55(57-53)46-32-28-37-14-5-7-18-42(37)34-46)45-20-12-19-44(35-45)52-49-23-10-8-21-47(49)51(48-22-9-11-24-50(48)52)39-29-25-38(26-30-39)43-31-27-36-13-4-6-17-41(36)33-43/h1-35H. The minimum absolute atomic E-state index is 0.635. The third-order valence-corrected chi connectivity index (χ3v) is 11.3. The Balaban J connectivity index is 1.05. The van der Waals surface area contributed by atoms with Crippen LogP contribution in [0.1, 0.15) is 0 Å². The van der Waals surface area contributed by atoms with Crippen molar-refractivity contribution in [2.24, 2.45) is 0 Å². The maximum absolute atomic E-state index is 5.14. The summed E-state index contributed by atoms with van der Waals surface area (Å²) in [6.07, 6.45) is 0. The van der Waals surface area contributed by atoms with Gasteiger partial charge in [-0.2, -0.15) is 0 Å². The van der Waals surface area contributed by atoms with E-state index in [9.17, 15) is 0 Å². The van der Waals surface area contributed by atoms with Crippen molar-refractivity contribution in [2.45, 2.75) is 0 Å². The van der Waals surface area contributed by atoms with Crippen LogP contribution in [-0.4, -0.2) is 15.0 Å². The van der Waals surface area contributed by atoms with Gasteiger partial charge in [0.05, 0.1) is 0 Å². The summed E-state index contributed by atoms with van der Waals surface area (Å²) in [7, 11) is 0. The van der Waals surface area contributed by atoms with Crippen molar-refractivity contribution in [2.75, 3.05) is 0 Å². The van der Waals surface area contributed by atoms with Gasteiger partial charge in [0.15, 0.2) is 17.5 Å². The second kappa shape index (κ2) is 14.1. The van der Waals surface area contributed by atoms with Crippen LogP contribution in [0.2, 0.25) is 0 Å². The van der Waals surface area contributed by atoms with E-state index in [2.05, 4.69) is 194 Å². The predicted octanol–water partition coefficient (Wildman–Crippen LogP) is 14.5. The lowest BCUT2D eigenvalue weighted by Gasteiger charge is -2.18. The van der Waals surface area contributed by atoms with Crippen LogP contribution in [-0.2, 0) is 0 Å². The third kappa shape index (κ3) is 5.98. The first kappa shape index (κ1) is 33.6. The maximum Gasteiger partial charge on any atom is 0.164 e. The van der Waals surface area contributed by atoms with Crippen molar-refractivity contribution in [3.8, 4) is 67.5 Å². The SMILES string of the molecule is c1ccc(-c2nc(-c3cccc(-c4c5ccccc5c(-c5ccc(-c6ccc7ccccc7c6)cc5)c5ccccc45)c3)nc(-c3ccc4ccccc4c3)n2)cc1. The van der Waals surface area contributed by atoms with Gasteiger partial charge in [-0.25, -0.2) is 15.0 Å². The van der Waals surface area contributed by atoms with Crippen LogP contribution in [0.25, 0.3) is 111 Å². The Hall–Kier alpha value is -7.75. The molecule has 0 saturated carbocycles. The molecule has 0 aliphatic heterocycles. The van der Waals surface area contributed by atoms with Crippen LogP contribution in [0.5, 0.6) is 0 Å². The molecule has 1 aromatic heterocycles. The highest BCUT2D eigenvalue weighted by molar-refractivity contribution is 6.21. The summed E-state index contributed by atoms with van der Waals surface area (Å²) in [6.45, 7) is 0. The molecule has 0 aliphatic rings. The molecular weight excluding hydrogens is 703 g/mol. The first-order chi connectivity index (χ1) is 28.7. The van der Waals surface area contributed by atoms with Gasteiger partial charge in [0.1, 0.15) is 0 Å². The quantitative estimate of drug-likeness (QED) is 0.160. The van der Waals surface area contributed by atoms with Crippen LogP contribution in [0.15, 0.2) is 212 Å². The topological polar surface area (TPSA) is 38.7 Å². The molecule has 1 heterocycles. The second-order valence-electron chi connectivity index (χ2n) is 14.8. The lowest BCUT2D eigenvalue weighted by Crippen LogP contribution is -2.00. The lowest BCUT2D eigenvalue weighted by molar-refractivity contribution is 1.07. The van der Waals surface area contributed by atoms with Crippen molar-refractivity contribution in [1.82, 2.24) is 15.0 Å². The first-order valence-electron chi connectivity index (χ1n) is 19.7. The molecule has 0 aliphatic carbocycles. The fraction of sp³-hybridized carbons (Fsp3) is 0. The monoisotopic (exact) mass is 737 g/mol. The number of rotatable bonds is 6. The summed E-state index contributed by atoms with van der Waals surface area (Å²) < 4.78 is 0. The summed E-state index contributed by atoms with van der Waals surface area (Å²) in [5.41, 5.74) is 9.98. The van der Waals surface area contributed by atoms with Gasteiger partial charge in [-0.05, 0) is 94.7 Å². The summed E-state index contributed by atoms with van der Waals surface area (Å²) in [5.74, 6) is 1.92. The van der Waals surface area contributed by atoms with Crippen molar-refractivity contribution >= 4 is 43.1 Å². The molecule has 11 aromatic rings. The lowest BCUT2D eigenvalue weighted by atomic mass is 9.85. The average Bonchev–Trinajstić information content (AvgIpc) is 3.30. The molecular formula is C55H35N3. The van der Waals surface area contributed by atoms with Crippen molar-refractivity contribution in [3.05, 3.63) is 212 Å². The summed E-state index contributed by atoms with van der Waals surface area (Å²) in [5, 5.41) is 9.65. The number of hydrogen-bond acceptors (Lipinski definition) is 3. The van der Waals surface area contributed by atoms with Gasteiger partial charge in [-0.3, -0.25) is 0 Å². The molecule has 10 aromatic carbocycles. The van der Waals surface area contributed by atoms with Gasteiger partial charge in [0, 0.05) is 16.7 Å². The van der Waals surface area contributed by atoms with E-state index < -0.39 is 0 Å². The highest BCUT2D eigenvalue weighted by atomic mass is 15.0. The van der Waals surface area contributed by atoms with E-state index in [0.717, 1.165) is 27.6 Å². The van der Waals surface area contributed by atoms with Gasteiger partial charge < -0.3 is 0 Å². The first-order valence-corrected chi connectivity index (χ1v) is 19.7. The molecule has 270 valence electrons. The van der Waals surface area contributed by atoms with E-state index in [-0.39, 0.29) is 0 Å². The van der Waals surface area contributed by atoms with E-state index in [1.807, 2.05) is 18.2 Å². The molecule has 0 spiro atoms. The minimum atomic E-state index is 0.635. The fourth-order valence-corrected chi connectivity index (χ4v) is 8.44. The molecule has 0 unspecified atom stereocenters. The fourth-order valence-electron chi connectivity index (χ4n) is 8.44. The Kier molecular flexibility index (Phi) is 8.15. The zero-order chi connectivity index (χ0) is 38.4. The molecule has 0 fully saturated rings. The smallest absolute Gasteiger partial charge is 0.164 e. The molecule has 3 heteroatoms. The van der Waals surface area contributed by atoms with E-state index in [1.165, 1.54) is 65.5 Å². The number of benzene rings is 10. The molecule has 58 heavy (non-hydrogen) atoms. The highest BCUT2D eigenvalue weighted by Gasteiger charge is 2.18. The van der Waals surface area contributed by atoms with Gasteiger partial charge >= 0.3 is 0 Å². The van der Waals surface area contributed by atoms with E-state index >= 15 is 0 Å². The van der Waals surface area contributed by atoms with Crippen molar-refractivity contribution in [1.29, 1.82) is 0 Å². The van der Waals surface area contributed by atoms with Crippen molar-refractivity contribution < 1.29 is 0 Å². The van der Waals surface area contributed by atoms with E-state index in [0.29, 0.717) is 17.5 Å². The Morgan fingerprint density at radius 1 is 0.207 bits per heavy atom. The Morgan fingerprint density at radius 2 is 0.586 bits per heavy atom. The molecule has 0 saturated heterocycles. The van der Waals surface area contributed by atoms with Crippen LogP contribution >= 0.6 is 0 Å². The normalized spacial score (nSPS) is 11.4. The molecule has 0 amide bonds. The molecule has 0 atom stereocenters. The van der Waals surface area contributed by atoms with E-state index in [4.69, 9.17) is 15.0 Å². The number of nitrogens with zero attached hydrogens (tertiary/aromatic N) is 3. The molecule has 0 N–H and O–H groups in total. The van der Waals surface area contributed by atoms with Crippen molar-refractivity contribution in [3.63, 3.8) is 0 Å². The van der Waals surface area contributed by atoms with Crippen LogP contribution < -0.4 is 0 Å². The molecule has 0 radical (unpaired) electrons. The van der Waals surface area contributed by atoms with E-state index in [1.54, 1.807) is 0 Å². The van der Waals surface area contributed by atoms with Gasteiger partial charge in [-0.15, -0.1) is 0 Å². The molecule has 0 bridgehead atoms.